The number of rotatable bonds is 3. The smallest absolute Gasteiger partial charge is 0.356 e. The standard InChI is InChI=1S/C24H27N5O4/c1-3-18-23(30)27-20-10-15-13-28-7-8-29(16-4-5-19(25-12-16)24(31)32-2)14-17(28)6-9-33-22(15)11-21(20)26-18/h4-5,10-12,17H,3,6-9,13-14H2,1-2H3,(H,27,30)/t17-/m1/s1. The highest BCUT2D eigenvalue weighted by molar-refractivity contribution is 5.87. The van der Waals surface area contributed by atoms with Gasteiger partial charge < -0.3 is 19.4 Å². The van der Waals surface area contributed by atoms with E-state index < -0.39 is 5.97 Å². The minimum Gasteiger partial charge on any atom is -0.493 e. The molecule has 0 unspecified atom stereocenters. The lowest BCUT2D eigenvalue weighted by Gasteiger charge is -2.43. The van der Waals surface area contributed by atoms with Crippen molar-refractivity contribution in [2.45, 2.75) is 32.4 Å². The molecule has 0 radical (unpaired) electrons. The molecule has 9 heteroatoms. The summed E-state index contributed by atoms with van der Waals surface area (Å²) in [6.45, 7) is 5.89. The first-order valence-corrected chi connectivity index (χ1v) is 11.3. The topological polar surface area (TPSA) is 101 Å². The van der Waals surface area contributed by atoms with Crippen LogP contribution in [0.2, 0.25) is 0 Å². The number of aromatic nitrogens is 3. The van der Waals surface area contributed by atoms with Gasteiger partial charge in [0.1, 0.15) is 17.1 Å². The second-order valence-corrected chi connectivity index (χ2v) is 8.44. The number of fused-ring (bicyclic) bond motifs is 3. The molecule has 172 valence electrons. The average Bonchev–Trinajstić information content (AvgIpc) is 2.83. The number of H-pyrrole nitrogens is 1. The van der Waals surface area contributed by atoms with Crippen LogP contribution in [0.3, 0.4) is 0 Å². The van der Waals surface area contributed by atoms with E-state index in [-0.39, 0.29) is 5.56 Å². The zero-order valence-corrected chi connectivity index (χ0v) is 18.8. The van der Waals surface area contributed by atoms with Gasteiger partial charge in [-0.1, -0.05) is 6.92 Å². The molecule has 0 aliphatic carbocycles. The number of aryl methyl sites for hydroxylation is 1. The lowest BCUT2D eigenvalue weighted by Crippen LogP contribution is -2.53. The van der Waals surface area contributed by atoms with Crippen LogP contribution in [-0.4, -0.2) is 65.2 Å². The summed E-state index contributed by atoms with van der Waals surface area (Å²) in [4.78, 5) is 40.4. The van der Waals surface area contributed by atoms with Gasteiger partial charge in [0, 0.05) is 43.9 Å². The van der Waals surface area contributed by atoms with Crippen molar-refractivity contribution in [2.24, 2.45) is 0 Å². The molecule has 9 nitrogen and oxygen atoms in total. The predicted molar refractivity (Wildman–Crippen MR) is 124 cm³/mol. The predicted octanol–water partition coefficient (Wildman–Crippen LogP) is 2.14. The molecule has 5 rings (SSSR count). The van der Waals surface area contributed by atoms with Crippen molar-refractivity contribution in [3.05, 3.63) is 57.8 Å². The van der Waals surface area contributed by atoms with E-state index in [1.54, 1.807) is 12.3 Å². The van der Waals surface area contributed by atoms with Gasteiger partial charge in [-0.2, -0.15) is 0 Å². The average molecular weight is 450 g/mol. The van der Waals surface area contributed by atoms with E-state index in [9.17, 15) is 9.59 Å². The highest BCUT2D eigenvalue weighted by Crippen LogP contribution is 2.30. The number of carbonyl (C=O) groups excluding carboxylic acids is 1. The SMILES string of the molecule is CCc1nc2cc3c(cc2[nH]c1=O)CN1CCN(c2ccc(C(=O)OC)nc2)C[C@H]1CCO3. The lowest BCUT2D eigenvalue weighted by atomic mass is 10.0. The third-order valence-electron chi connectivity index (χ3n) is 6.47. The first-order valence-electron chi connectivity index (χ1n) is 11.3. The first-order chi connectivity index (χ1) is 16.1. The number of hydrogen-bond acceptors (Lipinski definition) is 8. The van der Waals surface area contributed by atoms with Crippen LogP contribution in [0.25, 0.3) is 11.0 Å². The molecule has 2 aliphatic rings. The van der Waals surface area contributed by atoms with Gasteiger partial charge in [-0.25, -0.2) is 14.8 Å². The Labute approximate surface area is 191 Å². The molecule has 1 saturated heterocycles. The Bertz CT molecular complexity index is 1240. The molecular weight excluding hydrogens is 422 g/mol. The summed E-state index contributed by atoms with van der Waals surface area (Å²) in [6, 6.07) is 7.90. The van der Waals surface area contributed by atoms with Gasteiger partial charge in [-0.15, -0.1) is 0 Å². The van der Waals surface area contributed by atoms with E-state index in [0.717, 1.165) is 60.6 Å². The monoisotopic (exact) mass is 449 g/mol. The van der Waals surface area contributed by atoms with Crippen molar-refractivity contribution in [1.82, 2.24) is 19.9 Å². The highest BCUT2D eigenvalue weighted by Gasteiger charge is 2.30. The van der Waals surface area contributed by atoms with Crippen LogP contribution in [0.5, 0.6) is 5.75 Å². The van der Waals surface area contributed by atoms with Crippen molar-refractivity contribution >= 4 is 22.7 Å². The number of benzene rings is 1. The normalized spacial score (nSPS) is 18.6. The van der Waals surface area contributed by atoms with Crippen molar-refractivity contribution in [2.75, 3.05) is 38.3 Å². The molecule has 0 bridgehead atoms. The molecule has 0 spiro atoms. The Morgan fingerprint density at radius 2 is 2.18 bits per heavy atom. The Balaban J connectivity index is 1.36. The lowest BCUT2D eigenvalue weighted by molar-refractivity contribution is 0.0594. The van der Waals surface area contributed by atoms with Crippen molar-refractivity contribution in [3.8, 4) is 5.75 Å². The molecule has 0 saturated carbocycles. The van der Waals surface area contributed by atoms with Crippen molar-refractivity contribution in [1.29, 1.82) is 0 Å². The van der Waals surface area contributed by atoms with E-state index in [2.05, 4.69) is 24.8 Å². The van der Waals surface area contributed by atoms with Crippen molar-refractivity contribution in [3.63, 3.8) is 0 Å². The zero-order chi connectivity index (χ0) is 22.9. The minimum absolute atomic E-state index is 0.130. The van der Waals surface area contributed by atoms with Gasteiger partial charge in [0.15, 0.2) is 0 Å². The molecule has 1 aromatic carbocycles. The number of carbonyl (C=O) groups is 1. The summed E-state index contributed by atoms with van der Waals surface area (Å²) in [5.74, 6) is 0.407. The largest absolute Gasteiger partial charge is 0.493 e. The molecule has 4 heterocycles. The number of ether oxygens (including phenoxy) is 2. The van der Waals surface area contributed by atoms with Gasteiger partial charge in [0.05, 0.1) is 36.6 Å². The summed E-state index contributed by atoms with van der Waals surface area (Å²) < 4.78 is 10.9. The van der Waals surface area contributed by atoms with Crippen LogP contribution in [0.4, 0.5) is 5.69 Å². The number of aromatic amines is 1. The van der Waals surface area contributed by atoms with E-state index in [1.165, 1.54) is 7.11 Å². The van der Waals surface area contributed by atoms with E-state index in [0.29, 0.717) is 30.5 Å². The van der Waals surface area contributed by atoms with Crippen LogP contribution in [0.15, 0.2) is 35.3 Å². The summed E-state index contributed by atoms with van der Waals surface area (Å²) >= 11 is 0. The Kier molecular flexibility index (Phi) is 5.72. The minimum atomic E-state index is -0.433. The van der Waals surface area contributed by atoms with Gasteiger partial charge in [-0.05, 0) is 31.0 Å². The van der Waals surface area contributed by atoms with Gasteiger partial charge in [0.2, 0.25) is 0 Å². The van der Waals surface area contributed by atoms with Gasteiger partial charge in [0.25, 0.3) is 5.56 Å². The van der Waals surface area contributed by atoms with Crippen molar-refractivity contribution < 1.29 is 14.3 Å². The number of pyridine rings is 1. The zero-order valence-electron chi connectivity index (χ0n) is 18.8. The second kappa shape index (κ2) is 8.82. The fourth-order valence-corrected chi connectivity index (χ4v) is 4.63. The fraction of sp³-hybridized carbons (Fsp3) is 0.417. The molecule has 2 aromatic heterocycles. The fourth-order valence-electron chi connectivity index (χ4n) is 4.63. The Morgan fingerprint density at radius 1 is 1.30 bits per heavy atom. The maximum absolute atomic E-state index is 12.2. The maximum atomic E-state index is 12.2. The molecule has 1 fully saturated rings. The van der Waals surface area contributed by atoms with E-state index in [1.807, 2.05) is 25.1 Å². The molecule has 1 atom stereocenters. The van der Waals surface area contributed by atoms with Crippen LogP contribution >= 0.6 is 0 Å². The summed E-state index contributed by atoms with van der Waals surface area (Å²) in [6.07, 6.45) is 3.23. The van der Waals surface area contributed by atoms with Crippen LogP contribution in [0, 0.1) is 0 Å². The Morgan fingerprint density at radius 3 is 2.94 bits per heavy atom. The molecule has 2 aliphatic heterocycles. The highest BCUT2D eigenvalue weighted by atomic mass is 16.5. The van der Waals surface area contributed by atoms with E-state index in [4.69, 9.17) is 9.47 Å². The molecular formula is C24H27N5O4. The summed E-state index contributed by atoms with van der Waals surface area (Å²) in [5.41, 5.74) is 4.27. The van der Waals surface area contributed by atoms with Crippen LogP contribution in [-0.2, 0) is 17.7 Å². The number of piperazine rings is 1. The summed E-state index contributed by atoms with van der Waals surface area (Å²) in [5, 5.41) is 0. The quantitative estimate of drug-likeness (QED) is 0.607. The summed E-state index contributed by atoms with van der Waals surface area (Å²) in [7, 11) is 1.35. The first kappa shape index (κ1) is 21.4. The molecule has 33 heavy (non-hydrogen) atoms. The second-order valence-electron chi connectivity index (χ2n) is 8.44. The number of anilines is 1. The van der Waals surface area contributed by atoms with Gasteiger partial charge in [-0.3, -0.25) is 9.69 Å². The van der Waals surface area contributed by atoms with Crippen LogP contribution < -0.4 is 15.2 Å². The molecule has 1 N–H and O–H groups in total. The number of hydrogen-bond donors (Lipinski definition) is 1. The third kappa shape index (κ3) is 4.16. The van der Waals surface area contributed by atoms with Crippen LogP contribution in [0.1, 0.15) is 35.1 Å². The number of nitrogens with one attached hydrogen (secondary N) is 1. The number of methoxy groups -OCH3 is 1. The number of esters is 1. The van der Waals surface area contributed by atoms with E-state index >= 15 is 0 Å². The Hall–Kier alpha value is -3.46. The number of nitrogens with zero attached hydrogens (tertiary/aromatic N) is 4. The van der Waals surface area contributed by atoms with Gasteiger partial charge >= 0.3 is 5.97 Å². The molecule has 0 amide bonds. The maximum Gasteiger partial charge on any atom is 0.356 e. The third-order valence-corrected chi connectivity index (χ3v) is 6.47. The molecule has 3 aromatic rings.